The van der Waals surface area contributed by atoms with Crippen molar-refractivity contribution in [2.45, 2.75) is 44.2 Å². The molecule has 1 aliphatic carbocycles. The second-order valence-corrected chi connectivity index (χ2v) is 7.21. The molecule has 152 valence electrons. The van der Waals surface area contributed by atoms with Gasteiger partial charge in [0.25, 0.3) is 12.3 Å². The van der Waals surface area contributed by atoms with Crippen molar-refractivity contribution in [2.75, 3.05) is 11.1 Å². The van der Waals surface area contributed by atoms with Gasteiger partial charge < -0.3 is 16.4 Å². The number of imidazole rings is 1. The van der Waals surface area contributed by atoms with Crippen LogP contribution in [0, 0.1) is 0 Å². The number of nitrogens with zero attached hydrogens (tertiary/aromatic N) is 3. The number of halogens is 2. The maximum Gasteiger partial charge on any atom is 0.281 e. The molecule has 3 aromatic heterocycles. The van der Waals surface area contributed by atoms with E-state index >= 15 is 0 Å². The molecule has 1 saturated carbocycles. The first-order valence-electron chi connectivity index (χ1n) is 9.55. The van der Waals surface area contributed by atoms with Crippen LogP contribution in [0.5, 0.6) is 0 Å². The number of carbonyl (C=O) groups excluding carboxylic acids is 1. The average Bonchev–Trinajstić information content (AvgIpc) is 3.15. The van der Waals surface area contributed by atoms with E-state index < -0.39 is 6.43 Å². The molecule has 1 aliphatic rings. The van der Waals surface area contributed by atoms with Crippen LogP contribution in [0.4, 0.5) is 20.4 Å². The summed E-state index contributed by atoms with van der Waals surface area (Å²) in [6, 6.07) is 8.94. The number of nitrogens with one attached hydrogen (secondary N) is 2. The lowest BCUT2D eigenvalue weighted by atomic mass is 9.91. The highest BCUT2D eigenvalue weighted by molar-refractivity contribution is 5.98. The molecule has 4 rings (SSSR count). The summed E-state index contributed by atoms with van der Waals surface area (Å²) in [7, 11) is 0. The summed E-state index contributed by atoms with van der Waals surface area (Å²) in [5.74, 6) is 0.740. The molecule has 29 heavy (non-hydrogen) atoms. The van der Waals surface area contributed by atoms with Crippen LogP contribution in [0.3, 0.4) is 0 Å². The van der Waals surface area contributed by atoms with Crippen molar-refractivity contribution in [3.63, 3.8) is 0 Å². The quantitative estimate of drug-likeness (QED) is 0.610. The summed E-state index contributed by atoms with van der Waals surface area (Å²) in [4.78, 5) is 20.3. The average molecular weight is 400 g/mol. The zero-order valence-electron chi connectivity index (χ0n) is 15.7. The molecular weight excluding hydrogens is 378 g/mol. The number of nitrogens with two attached hydrogens (primary N) is 1. The van der Waals surface area contributed by atoms with Crippen LogP contribution in [-0.4, -0.2) is 32.4 Å². The zero-order chi connectivity index (χ0) is 20.4. The molecule has 0 radical (unpaired) electrons. The maximum absolute atomic E-state index is 12.9. The lowest BCUT2D eigenvalue weighted by molar-refractivity contribution is 0.0927. The number of carbonyl (C=O) groups is 1. The second kappa shape index (κ2) is 8.02. The summed E-state index contributed by atoms with van der Waals surface area (Å²) in [5.41, 5.74) is 6.40. The third kappa shape index (κ3) is 4.13. The minimum Gasteiger partial charge on any atom is -0.383 e. The zero-order valence-corrected chi connectivity index (χ0v) is 15.7. The molecule has 0 unspecified atom stereocenters. The Morgan fingerprint density at radius 2 is 1.90 bits per heavy atom. The number of hydrogen-bond donors (Lipinski definition) is 3. The van der Waals surface area contributed by atoms with E-state index in [1.54, 1.807) is 34.9 Å². The lowest BCUT2D eigenvalue weighted by Gasteiger charge is -2.30. The van der Waals surface area contributed by atoms with Gasteiger partial charge in [0.2, 0.25) is 0 Å². The molecule has 0 bridgehead atoms. The van der Waals surface area contributed by atoms with Gasteiger partial charge in [-0.2, -0.15) is 0 Å². The smallest absolute Gasteiger partial charge is 0.281 e. The van der Waals surface area contributed by atoms with E-state index in [9.17, 15) is 13.6 Å². The summed E-state index contributed by atoms with van der Waals surface area (Å²) >= 11 is 0. The molecule has 0 spiro atoms. The highest BCUT2D eigenvalue weighted by Gasteiger charge is 2.24. The summed E-state index contributed by atoms with van der Waals surface area (Å²) in [5, 5.41) is 6.45. The molecular formula is C20H22F2N6O. The van der Waals surface area contributed by atoms with Gasteiger partial charge >= 0.3 is 0 Å². The van der Waals surface area contributed by atoms with Crippen LogP contribution < -0.4 is 16.4 Å². The van der Waals surface area contributed by atoms with E-state index in [-0.39, 0.29) is 29.5 Å². The van der Waals surface area contributed by atoms with Gasteiger partial charge in [0.05, 0.1) is 5.56 Å². The molecule has 9 heteroatoms. The topological polar surface area (TPSA) is 97.3 Å². The van der Waals surface area contributed by atoms with E-state index in [1.165, 1.54) is 6.20 Å². The fourth-order valence-electron chi connectivity index (χ4n) is 3.72. The maximum atomic E-state index is 12.9. The Kier molecular flexibility index (Phi) is 5.28. The van der Waals surface area contributed by atoms with Gasteiger partial charge in [-0.3, -0.25) is 9.20 Å². The van der Waals surface area contributed by atoms with Crippen LogP contribution in [0.2, 0.25) is 0 Å². The minimum absolute atomic E-state index is 0.0645. The molecule has 0 aromatic carbocycles. The number of rotatable bonds is 5. The Balaban J connectivity index is 1.36. The van der Waals surface area contributed by atoms with Crippen molar-refractivity contribution in [3.05, 3.63) is 54.0 Å². The van der Waals surface area contributed by atoms with Gasteiger partial charge in [-0.1, -0.05) is 6.07 Å². The van der Waals surface area contributed by atoms with Crippen LogP contribution in [-0.2, 0) is 0 Å². The Labute approximate surface area is 166 Å². The first kappa shape index (κ1) is 19.1. The third-order valence-electron chi connectivity index (χ3n) is 5.23. The standard InChI is InChI=1S/C20H22F2N6O/c21-18(22)15-11-28-16(4-1-5-17(28)27-15)25-12-6-8-13(9-7-12)26-20(29)14-3-2-10-24-19(14)23/h1-5,10-13,18,25H,6-9H2,(H2,23,24)(H,26,29)/t12-,13+. The fraction of sp³-hybridized carbons (Fsp3) is 0.350. The number of pyridine rings is 2. The molecule has 3 aromatic rings. The summed E-state index contributed by atoms with van der Waals surface area (Å²) in [6.07, 6.45) is 3.63. The van der Waals surface area contributed by atoms with Crippen LogP contribution in [0.25, 0.3) is 5.65 Å². The molecule has 0 aliphatic heterocycles. The number of amides is 1. The van der Waals surface area contributed by atoms with Gasteiger partial charge in [0.1, 0.15) is 23.0 Å². The monoisotopic (exact) mass is 400 g/mol. The fourth-order valence-corrected chi connectivity index (χ4v) is 3.72. The van der Waals surface area contributed by atoms with Crippen molar-refractivity contribution < 1.29 is 13.6 Å². The van der Waals surface area contributed by atoms with E-state index in [0.29, 0.717) is 11.2 Å². The molecule has 7 nitrogen and oxygen atoms in total. The molecule has 0 saturated heterocycles. The molecule has 0 atom stereocenters. The Bertz CT molecular complexity index is 1010. The van der Waals surface area contributed by atoms with Crippen molar-refractivity contribution in [1.29, 1.82) is 0 Å². The summed E-state index contributed by atoms with van der Waals surface area (Å²) in [6.45, 7) is 0. The number of alkyl halides is 2. The van der Waals surface area contributed by atoms with Gasteiger partial charge in [-0.05, 0) is 49.9 Å². The predicted molar refractivity (Wildman–Crippen MR) is 106 cm³/mol. The molecule has 4 N–H and O–H groups in total. The third-order valence-corrected chi connectivity index (χ3v) is 5.23. The molecule has 3 heterocycles. The number of anilines is 2. The number of nitrogen functional groups attached to an aromatic ring is 1. The van der Waals surface area contributed by atoms with Crippen LogP contribution in [0.1, 0.15) is 48.2 Å². The summed E-state index contributed by atoms with van der Waals surface area (Å²) < 4.78 is 27.5. The highest BCUT2D eigenvalue weighted by Crippen LogP contribution is 2.25. The largest absolute Gasteiger partial charge is 0.383 e. The minimum atomic E-state index is -2.60. The SMILES string of the molecule is Nc1ncccc1C(=O)N[C@H]1CC[C@@H](Nc2cccc3nc(C(F)F)cn23)CC1. The molecule has 1 amide bonds. The van der Waals surface area contributed by atoms with Crippen molar-refractivity contribution in [1.82, 2.24) is 19.7 Å². The normalized spacial score (nSPS) is 19.4. The molecule has 1 fully saturated rings. The van der Waals surface area contributed by atoms with Gasteiger partial charge in [-0.25, -0.2) is 18.7 Å². The Hall–Kier alpha value is -3.23. The van der Waals surface area contributed by atoms with E-state index in [2.05, 4.69) is 20.6 Å². The number of aromatic nitrogens is 3. The first-order valence-corrected chi connectivity index (χ1v) is 9.55. The van der Waals surface area contributed by atoms with Gasteiger partial charge in [0.15, 0.2) is 0 Å². The highest BCUT2D eigenvalue weighted by atomic mass is 19.3. The van der Waals surface area contributed by atoms with Crippen molar-refractivity contribution in [2.24, 2.45) is 0 Å². The van der Waals surface area contributed by atoms with Gasteiger partial charge in [-0.15, -0.1) is 0 Å². The van der Waals surface area contributed by atoms with E-state index in [4.69, 9.17) is 5.73 Å². The van der Waals surface area contributed by atoms with E-state index in [1.807, 2.05) is 6.07 Å². The van der Waals surface area contributed by atoms with Crippen molar-refractivity contribution >= 4 is 23.2 Å². The lowest BCUT2D eigenvalue weighted by Crippen LogP contribution is -2.40. The van der Waals surface area contributed by atoms with Crippen LogP contribution in [0.15, 0.2) is 42.7 Å². The van der Waals surface area contributed by atoms with Crippen LogP contribution >= 0.6 is 0 Å². The number of fused-ring (bicyclic) bond motifs is 1. The number of hydrogen-bond acceptors (Lipinski definition) is 5. The second-order valence-electron chi connectivity index (χ2n) is 7.21. The Morgan fingerprint density at radius 1 is 1.14 bits per heavy atom. The van der Waals surface area contributed by atoms with Crippen molar-refractivity contribution in [3.8, 4) is 0 Å². The Morgan fingerprint density at radius 3 is 2.62 bits per heavy atom. The first-order chi connectivity index (χ1) is 14.0. The predicted octanol–water partition coefficient (Wildman–Crippen LogP) is 3.40. The van der Waals surface area contributed by atoms with E-state index in [0.717, 1.165) is 31.5 Å². The van der Waals surface area contributed by atoms with Gasteiger partial charge in [0, 0.05) is 24.5 Å².